The fraction of sp³-hybridized carbons (Fsp3) is 0.643. The zero-order valence-corrected chi connectivity index (χ0v) is 11.0. The van der Waals surface area contributed by atoms with Crippen LogP contribution in [0.25, 0.3) is 0 Å². The molecule has 2 atom stereocenters. The van der Waals surface area contributed by atoms with Crippen molar-refractivity contribution in [3.05, 3.63) is 23.9 Å². The molecule has 2 aliphatic rings. The molecule has 18 heavy (non-hydrogen) atoms. The van der Waals surface area contributed by atoms with Crippen molar-refractivity contribution in [1.29, 1.82) is 0 Å². The number of anilines is 1. The first kappa shape index (κ1) is 11.9. The average molecular weight is 246 g/mol. The minimum absolute atomic E-state index is 0.573. The summed E-state index contributed by atoms with van der Waals surface area (Å²) >= 11 is 0. The minimum atomic E-state index is 0.573. The largest absolute Gasteiger partial charge is 0.355 e. The van der Waals surface area contributed by atoms with Crippen molar-refractivity contribution in [1.82, 2.24) is 9.88 Å². The van der Waals surface area contributed by atoms with E-state index in [1.807, 2.05) is 12.3 Å². The summed E-state index contributed by atoms with van der Waals surface area (Å²) in [5, 5.41) is 0. The van der Waals surface area contributed by atoms with Gasteiger partial charge >= 0.3 is 0 Å². The van der Waals surface area contributed by atoms with Crippen molar-refractivity contribution >= 4 is 5.82 Å². The maximum Gasteiger partial charge on any atom is 0.133 e. The molecule has 4 heteroatoms. The van der Waals surface area contributed by atoms with Crippen LogP contribution in [0.1, 0.15) is 24.8 Å². The lowest BCUT2D eigenvalue weighted by Gasteiger charge is -2.28. The standard InChI is InChI=1S/C14H22N4/c1-17-12-4-5-13(17)10-18(8-6-12)14-11(9-15)3-2-7-16-14/h2-3,7,12-13H,4-6,8-10,15H2,1H3. The van der Waals surface area contributed by atoms with Crippen molar-refractivity contribution in [2.45, 2.75) is 37.9 Å². The molecule has 4 nitrogen and oxygen atoms in total. The summed E-state index contributed by atoms with van der Waals surface area (Å²) in [6.45, 7) is 2.77. The second-order valence-electron chi connectivity index (χ2n) is 5.48. The molecule has 0 amide bonds. The van der Waals surface area contributed by atoms with Crippen LogP contribution in [0.4, 0.5) is 5.82 Å². The highest BCUT2D eigenvalue weighted by Crippen LogP contribution is 2.30. The second-order valence-corrected chi connectivity index (χ2v) is 5.48. The number of hydrogen-bond acceptors (Lipinski definition) is 4. The van der Waals surface area contributed by atoms with E-state index in [1.165, 1.54) is 19.3 Å². The van der Waals surface area contributed by atoms with Gasteiger partial charge in [-0.15, -0.1) is 0 Å². The first-order chi connectivity index (χ1) is 8.79. The molecule has 1 aromatic rings. The van der Waals surface area contributed by atoms with Crippen LogP contribution in [0.15, 0.2) is 18.3 Å². The molecule has 2 bridgehead atoms. The predicted molar refractivity (Wildman–Crippen MR) is 73.5 cm³/mol. The third-order valence-electron chi connectivity index (χ3n) is 4.54. The lowest BCUT2D eigenvalue weighted by atomic mass is 10.1. The maximum atomic E-state index is 5.82. The van der Waals surface area contributed by atoms with Gasteiger partial charge in [-0.2, -0.15) is 0 Å². The van der Waals surface area contributed by atoms with Gasteiger partial charge in [-0.3, -0.25) is 4.90 Å². The molecule has 3 heterocycles. The Kier molecular flexibility index (Phi) is 3.22. The van der Waals surface area contributed by atoms with E-state index in [4.69, 9.17) is 5.73 Å². The summed E-state index contributed by atoms with van der Waals surface area (Å²) in [5.41, 5.74) is 6.99. The topological polar surface area (TPSA) is 45.4 Å². The fourth-order valence-corrected chi connectivity index (χ4v) is 3.38. The Morgan fingerprint density at radius 3 is 3.00 bits per heavy atom. The highest BCUT2D eigenvalue weighted by Gasteiger charge is 2.35. The quantitative estimate of drug-likeness (QED) is 0.852. The van der Waals surface area contributed by atoms with Crippen LogP contribution in [-0.4, -0.2) is 42.1 Å². The molecular weight excluding hydrogens is 224 g/mol. The number of fused-ring (bicyclic) bond motifs is 2. The SMILES string of the molecule is CN1C2CCC1CN(c1ncccc1CN)CC2. The Bertz CT molecular complexity index is 420. The zero-order valence-electron chi connectivity index (χ0n) is 11.0. The Hall–Kier alpha value is -1.13. The van der Waals surface area contributed by atoms with E-state index in [0.29, 0.717) is 12.6 Å². The van der Waals surface area contributed by atoms with Crippen molar-refractivity contribution in [2.75, 3.05) is 25.0 Å². The van der Waals surface area contributed by atoms with E-state index in [-0.39, 0.29) is 0 Å². The minimum Gasteiger partial charge on any atom is -0.355 e. The van der Waals surface area contributed by atoms with Crippen LogP contribution in [0.3, 0.4) is 0 Å². The van der Waals surface area contributed by atoms with Crippen LogP contribution < -0.4 is 10.6 Å². The molecular formula is C14H22N4. The number of nitrogens with two attached hydrogens (primary N) is 1. The average Bonchev–Trinajstić information content (AvgIpc) is 2.63. The summed E-state index contributed by atoms with van der Waals surface area (Å²) in [4.78, 5) is 9.54. The van der Waals surface area contributed by atoms with Gasteiger partial charge in [0, 0.05) is 43.5 Å². The number of nitrogens with zero attached hydrogens (tertiary/aromatic N) is 3. The molecule has 1 aromatic heterocycles. The highest BCUT2D eigenvalue weighted by molar-refractivity contribution is 5.47. The maximum absolute atomic E-state index is 5.82. The van der Waals surface area contributed by atoms with Crippen molar-refractivity contribution < 1.29 is 0 Å². The molecule has 98 valence electrons. The molecule has 0 saturated carbocycles. The van der Waals surface area contributed by atoms with E-state index >= 15 is 0 Å². The summed E-state index contributed by atoms with van der Waals surface area (Å²) in [6.07, 6.45) is 5.80. The van der Waals surface area contributed by atoms with E-state index in [9.17, 15) is 0 Å². The van der Waals surface area contributed by atoms with Gasteiger partial charge in [0.1, 0.15) is 5.82 Å². The fourth-order valence-electron chi connectivity index (χ4n) is 3.38. The smallest absolute Gasteiger partial charge is 0.133 e. The second kappa shape index (κ2) is 4.86. The van der Waals surface area contributed by atoms with Gasteiger partial charge in [-0.05, 0) is 32.4 Å². The van der Waals surface area contributed by atoms with Crippen molar-refractivity contribution in [2.24, 2.45) is 5.73 Å². The zero-order chi connectivity index (χ0) is 12.5. The van der Waals surface area contributed by atoms with Crippen molar-refractivity contribution in [3.63, 3.8) is 0 Å². The van der Waals surface area contributed by atoms with Gasteiger partial charge in [0.05, 0.1) is 0 Å². The molecule has 2 N–H and O–H groups in total. The Labute approximate surface area is 109 Å². The highest BCUT2D eigenvalue weighted by atomic mass is 15.3. The number of aromatic nitrogens is 1. The molecule has 3 rings (SSSR count). The van der Waals surface area contributed by atoms with E-state index in [1.54, 1.807) is 0 Å². The summed E-state index contributed by atoms with van der Waals surface area (Å²) in [5.74, 6) is 1.10. The van der Waals surface area contributed by atoms with E-state index in [0.717, 1.165) is 30.5 Å². The number of hydrogen-bond donors (Lipinski definition) is 1. The Morgan fingerprint density at radius 1 is 1.33 bits per heavy atom. The first-order valence-electron chi connectivity index (χ1n) is 6.90. The van der Waals surface area contributed by atoms with Gasteiger partial charge in [-0.25, -0.2) is 4.98 Å². The Balaban J connectivity index is 1.84. The Morgan fingerprint density at radius 2 is 2.17 bits per heavy atom. The molecule has 0 spiro atoms. The van der Waals surface area contributed by atoms with Gasteiger partial charge in [0.15, 0.2) is 0 Å². The normalized spacial score (nSPS) is 28.4. The van der Waals surface area contributed by atoms with Gasteiger partial charge < -0.3 is 10.6 Å². The number of rotatable bonds is 2. The van der Waals surface area contributed by atoms with Crippen LogP contribution in [0.5, 0.6) is 0 Å². The molecule has 0 aromatic carbocycles. The number of likely N-dealkylation sites (N-methyl/N-ethyl adjacent to an activating group) is 1. The molecule has 2 aliphatic heterocycles. The van der Waals surface area contributed by atoms with E-state index in [2.05, 4.69) is 27.9 Å². The van der Waals surface area contributed by atoms with Crippen LogP contribution in [0, 0.1) is 0 Å². The molecule has 2 saturated heterocycles. The van der Waals surface area contributed by atoms with Gasteiger partial charge in [-0.1, -0.05) is 6.07 Å². The van der Waals surface area contributed by atoms with Crippen LogP contribution >= 0.6 is 0 Å². The van der Waals surface area contributed by atoms with Crippen molar-refractivity contribution in [3.8, 4) is 0 Å². The predicted octanol–water partition coefficient (Wildman–Crippen LogP) is 1.21. The van der Waals surface area contributed by atoms with Gasteiger partial charge in [0.25, 0.3) is 0 Å². The van der Waals surface area contributed by atoms with Crippen LogP contribution in [0.2, 0.25) is 0 Å². The summed E-state index contributed by atoms with van der Waals surface area (Å²) in [6, 6.07) is 5.52. The summed E-state index contributed by atoms with van der Waals surface area (Å²) in [7, 11) is 2.27. The van der Waals surface area contributed by atoms with Crippen LogP contribution in [-0.2, 0) is 6.54 Å². The summed E-state index contributed by atoms with van der Waals surface area (Å²) < 4.78 is 0. The van der Waals surface area contributed by atoms with E-state index < -0.39 is 0 Å². The third-order valence-corrected chi connectivity index (χ3v) is 4.54. The lowest BCUT2D eigenvalue weighted by molar-refractivity contribution is 0.254. The molecule has 2 fully saturated rings. The first-order valence-corrected chi connectivity index (χ1v) is 6.90. The third kappa shape index (κ3) is 1.99. The van der Waals surface area contributed by atoms with Gasteiger partial charge in [0.2, 0.25) is 0 Å². The molecule has 0 radical (unpaired) electrons. The monoisotopic (exact) mass is 246 g/mol. The molecule has 2 unspecified atom stereocenters. The number of pyridine rings is 1. The lowest BCUT2D eigenvalue weighted by Crippen LogP contribution is -2.37. The molecule has 0 aliphatic carbocycles.